The van der Waals surface area contributed by atoms with Crippen molar-refractivity contribution in [3.63, 3.8) is 0 Å². The van der Waals surface area contributed by atoms with E-state index in [2.05, 4.69) is 110 Å². The molecule has 0 saturated heterocycles. The van der Waals surface area contributed by atoms with E-state index in [1.807, 2.05) is 24.3 Å². The zero-order valence-corrected chi connectivity index (χ0v) is 20.4. The van der Waals surface area contributed by atoms with Crippen molar-refractivity contribution in [3.8, 4) is 23.3 Å². The van der Waals surface area contributed by atoms with Crippen LogP contribution in [0, 0.1) is 17.3 Å². The maximum Gasteiger partial charge on any atom is 0.120 e. The van der Waals surface area contributed by atoms with Gasteiger partial charge < -0.3 is 9.30 Å². The third-order valence-electron chi connectivity index (χ3n) is 5.08. The lowest BCUT2D eigenvalue weighted by Gasteiger charge is -2.20. The third-order valence-corrected chi connectivity index (χ3v) is 5.08. The molecule has 0 amide bonds. The second kappa shape index (κ2) is 12.1. The molecule has 0 spiro atoms. The fourth-order valence-electron chi connectivity index (χ4n) is 3.54. The molecule has 3 heteroatoms. The van der Waals surface area contributed by atoms with Gasteiger partial charge in [0.2, 0.25) is 0 Å². The van der Waals surface area contributed by atoms with Gasteiger partial charge in [-0.15, -0.1) is 0 Å². The van der Waals surface area contributed by atoms with Crippen LogP contribution in [0.5, 0.6) is 5.75 Å². The first kappa shape index (κ1) is 24.4. The van der Waals surface area contributed by atoms with Crippen LogP contribution >= 0.6 is 0 Å². The van der Waals surface area contributed by atoms with Crippen LogP contribution in [0.25, 0.3) is 5.69 Å². The zero-order chi connectivity index (χ0) is 23.5. The molecule has 0 fully saturated rings. The molecule has 0 aliphatic rings. The quantitative estimate of drug-likeness (QED) is 0.320. The summed E-state index contributed by atoms with van der Waals surface area (Å²) in [6.45, 7) is 12.0. The summed E-state index contributed by atoms with van der Waals surface area (Å²) >= 11 is 0. The molecule has 33 heavy (non-hydrogen) atoms. The van der Waals surface area contributed by atoms with Crippen LogP contribution in [-0.4, -0.2) is 22.6 Å². The molecule has 3 rings (SSSR count). The Morgan fingerprint density at radius 1 is 0.970 bits per heavy atom. The van der Waals surface area contributed by atoms with Gasteiger partial charge in [-0.05, 0) is 87.3 Å². The minimum Gasteiger partial charge on any atom is -0.489 e. The second-order valence-electron chi connectivity index (χ2n) is 9.35. The van der Waals surface area contributed by atoms with Crippen molar-refractivity contribution in [2.75, 3.05) is 13.1 Å². The Balaban J connectivity index is 1.58. The van der Waals surface area contributed by atoms with Crippen molar-refractivity contribution in [2.24, 2.45) is 5.41 Å². The number of ether oxygens (including phenoxy) is 1. The van der Waals surface area contributed by atoms with Gasteiger partial charge in [-0.25, -0.2) is 0 Å². The fraction of sp³-hybridized carbons (Fsp3) is 0.333. The van der Waals surface area contributed by atoms with E-state index < -0.39 is 0 Å². The highest BCUT2D eigenvalue weighted by atomic mass is 16.5. The smallest absolute Gasteiger partial charge is 0.120 e. The summed E-state index contributed by atoms with van der Waals surface area (Å²) in [4.78, 5) is 2.44. The van der Waals surface area contributed by atoms with Crippen LogP contribution in [0.3, 0.4) is 0 Å². The average Bonchev–Trinajstić information content (AvgIpc) is 3.32. The monoisotopic (exact) mass is 440 g/mol. The Hall–Kier alpha value is -3.22. The minimum absolute atomic E-state index is 0.0392. The van der Waals surface area contributed by atoms with Crippen LogP contribution in [-0.2, 0) is 13.2 Å². The molecule has 1 aromatic heterocycles. The molecule has 172 valence electrons. The summed E-state index contributed by atoms with van der Waals surface area (Å²) in [5.74, 6) is 7.32. The lowest BCUT2D eigenvalue weighted by molar-refractivity contribution is 0.290. The molecule has 2 aromatic carbocycles. The Kier molecular flexibility index (Phi) is 8.98. The summed E-state index contributed by atoms with van der Waals surface area (Å²) in [6.07, 6.45) is 9.37. The third kappa shape index (κ3) is 8.67. The van der Waals surface area contributed by atoms with Crippen LogP contribution in [0.1, 0.15) is 45.2 Å². The molecular weight excluding hydrogens is 404 g/mol. The molecule has 0 saturated carbocycles. The van der Waals surface area contributed by atoms with Crippen molar-refractivity contribution in [2.45, 2.75) is 47.3 Å². The average molecular weight is 441 g/mol. The van der Waals surface area contributed by atoms with Crippen molar-refractivity contribution >= 4 is 0 Å². The number of aromatic nitrogens is 1. The Morgan fingerprint density at radius 3 is 2.48 bits per heavy atom. The SMILES string of the molecule is CCCN(CC=CC#CC(C)(C)C)Cc1cccc(OCc2cccc(-n3cccc3)c2)c1. The largest absolute Gasteiger partial charge is 0.489 e. The van der Waals surface area contributed by atoms with E-state index in [-0.39, 0.29) is 5.41 Å². The molecule has 0 radical (unpaired) electrons. The molecule has 0 N–H and O–H groups in total. The van der Waals surface area contributed by atoms with Gasteiger partial charge in [-0.2, -0.15) is 0 Å². The van der Waals surface area contributed by atoms with E-state index in [0.29, 0.717) is 6.61 Å². The van der Waals surface area contributed by atoms with E-state index in [0.717, 1.165) is 43.1 Å². The Labute approximate surface area is 199 Å². The Morgan fingerprint density at radius 2 is 1.73 bits per heavy atom. The molecule has 1 heterocycles. The number of rotatable bonds is 10. The molecule has 0 atom stereocenters. The number of benzene rings is 2. The number of allylic oxidation sites excluding steroid dienone is 1. The molecule has 0 aliphatic carbocycles. The van der Waals surface area contributed by atoms with Gasteiger partial charge in [0, 0.05) is 36.6 Å². The highest BCUT2D eigenvalue weighted by molar-refractivity contribution is 5.37. The topological polar surface area (TPSA) is 17.4 Å². The van der Waals surface area contributed by atoms with Crippen LogP contribution < -0.4 is 4.74 Å². The van der Waals surface area contributed by atoms with Crippen LogP contribution in [0.4, 0.5) is 0 Å². The predicted molar refractivity (Wildman–Crippen MR) is 138 cm³/mol. The summed E-state index contributed by atoms with van der Waals surface area (Å²) < 4.78 is 8.24. The van der Waals surface area contributed by atoms with Crippen molar-refractivity contribution < 1.29 is 4.74 Å². The summed E-state index contributed by atoms with van der Waals surface area (Å²) in [5.41, 5.74) is 3.60. The van der Waals surface area contributed by atoms with Gasteiger partial charge in [-0.3, -0.25) is 4.90 Å². The first-order valence-electron chi connectivity index (χ1n) is 11.8. The van der Waals surface area contributed by atoms with E-state index in [1.165, 1.54) is 5.56 Å². The summed E-state index contributed by atoms with van der Waals surface area (Å²) in [6, 6.07) is 21.0. The van der Waals surface area contributed by atoms with E-state index in [9.17, 15) is 0 Å². The van der Waals surface area contributed by atoms with Gasteiger partial charge in [0.1, 0.15) is 12.4 Å². The lowest BCUT2D eigenvalue weighted by Crippen LogP contribution is -2.24. The zero-order valence-electron chi connectivity index (χ0n) is 20.4. The van der Waals surface area contributed by atoms with Gasteiger partial charge in [-0.1, -0.05) is 49.1 Å². The first-order valence-corrected chi connectivity index (χ1v) is 11.8. The molecule has 0 bridgehead atoms. The minimum atomic E-state index is 0.0392. The fourth-order valence-corrected chi connectivity index (χ4v) is 3.54. The van der Waals surface area contributed by atoms with E-state index >= 15 is 0 Å². The summed E-state index contributed by atoms with van der Waals surface area (Å²) in [5, 5.41) is 0. The van der Waals surface area contributed by atoms with E-state index in [1.54, 1.807) is 0 Å². The van der Waals surface area contributed by atoms with Gasteiger partial charge in [0.25, 0.3) is 0 Å². The lowest BCUT2D eigenvalue weighted by atomic mass is 9.98. The molecule has 3 aromatic rings. The maximum absolute atomic E-state index is 6.13. The predicted octanol–water partition coefficient (Wildman–Crippen LogP) is 6.87. The van der Waals surface area contributed by atoms with Gasteiger partial charge in [0.15, 0.2) is 0 Å². The molecule has 0 unspecified atom stereocenters. The standard InChI is InChI=1S/C30H36N2O/c1-5-18-31(19-8-6-7-17-30(2,3)4)24-26-13-12-16-29(23-26)33-25-27-14-11-15-28(22-27)32-20-9-10-21-32/h6,8-16,20-23H,5,18-19,24-25H2,1-4H3. The number of nitrogens with zero attached hydrogens (tertiary/aromatic N) is 2. The second-order valence-corrected chi connectivity index (χ2v) is 9.35. The molecule has 0 aliphatic heterocycles. The normalized spacial score (nSPS) is 11.5. The molecular formula is C30H36N2O. The Bertz CT molecular complexity index is 1080. The van der Waals surface area contributed by atoms with Crippen molar-refractivity contribution in [3.05, 3.63) is 96.3 Å². The maximum atomic E-state index is 6.13. The van der Waals surface area contributed by atoms with Gasteiger partial charge >= 0.3 is 0 Å². The highest BCUT2D eigenvalue weighted by Gasteiger charge is 2.06. The van der Waals surface area contributed by atoms with Crippen LogP contribution in [0.2, 0.25) is 0 Å². The highest BCUT2D eigenvalue weighted by Crippen LogP contribution is 2.18. The van der Waals surface area contributed by atoms with Crippen molar-refractivity contribution in [1.29, 1.82) is 0 Å². The molecule has 3 nitrogen and oxygen atoms in total. The van der Waals surface area contributed by atoms with E-state index in [4.69, 9.17) is 4.74 Å². The first-order chi connectivity index (χ1) is 15.9. The van der Waals surface area contributed by atoms with Gasteiger partial charge in [0.05, 0.1) is 0 Å². The van der Waals surface area contributed by atoms with Crippen molar-refractivity contribution in [1.82, 2.24) is 9.47 Å². The number of hydrogen-bond donors (Lipinski definition) is 0. The van der Waals surface area contributed by atoms with Crippen LogP contribution in [0.15, 0.2) is 85.2 Å². The summed E-state index contributed by atoms with van der Waals surface area (Å²) in [7, 11) is 0. The number of hydrogen-bond acceptors (Lipinski definition) is 2.